The van der Waals surface area contributed by atoms with E-state index in [0.29, 0.717) is 4.31 Å². The number of carbonyl (C=O) groups is 1. The first-order chi connectivity index (χ1) is 12.7. The maximum atomic E-state index is 13.7. The van der Waals surface area contributed by atoms with E-state index in [4.69, 9.17) is 10.00 Å². The van der Waals surface area contributed by atoms with Gasteiger partial charge in [0, 0.05) is 12.6 Å². The summed E-state index contributed by atoms with van der Waals surface area (Å²) in [6, 6.07) is 6.59. The molecule has 0 N–H and O–H groups in total. The average Bonchev–Trinajstić information content (AvgIpc) is 2.79. The third kappa shape index (κ3) is 3.00. The third-order valence-corrected chi connectivity index (χ3v) is 5.81. The highest BCUT2D eigenvalue weighted by molar-refractivity contribution is 7.90. The predicted octanol–water partition coefficient (Wildman–Crippen LogP) is 3.59. The molecule has 0 fully saturated rings. The van der Waals surface area contributed by atoms with Crippen LogP contribution >= 0.6 is 0 Å². The zero-order chi connectivity index (χ0) is 19.9. The molecule has 1 aliphatic rings. The van der Waals surface area contributed by atoms with Crippen molar-refractivity contribution in [2.24, 2.45) is 0 Å². The smallest absolute Gasteiger partial charge is 0.269 e. The molecule has 1 aliphatic heterocycles. The van der Waals surface area contributed by atoms with Crippen LogP contribution in [0.4, 0.5) is 13.2 Å². The van der Waals surface area contributed by atoms with E-state index >= 15 is 0 Å². The summed E-state index contributed by atoms with van der Waals surface area (Å²) in [6.07, 6.45) is -3.23. The summed E-state index contributed by atoms with van der Waals surface area (Å²) in [5.74, 6) is -2.64. The van der Waals surface area contributed by atoms with Crippen molar-refractivity contribution in [2.45, 2.75) is 18.2 Å². The van der Waals surface area contributed by atoms with Gasteiger partial charge in [-0.3, -0.25) is 4.79 Å². The van der Waals surface area contributed by atoms with Crippen molar-refractivity contribution in [1.82, 2.24) is 4.31 Å². The van der Waals surface area contributed by atoms with E-state index in [1.807, 2.05) is 0 Å². The summed E-state index contributed by atoms with van der Waals surface area (Å²) in [6.45, 7) is 1.18. The zero-order valence-corrected chi connectivity index (χ0v) is 14.6. The SMILES string of the molecule is CCN1C(=O)c2c(ccc(Oc3cc(F)cc(C#N)c3)c2C(F)F)S1(=O)=O. The van der Waals surface area contributed by atoms with Gasteiger partial charge in [-0.15, -0.1) is 0 Å². The molecule has 10 heteroatoms. The number of halogens is 3. The van der Waals surface area contributed by atoms with Crippen molar-refractivity contribution < 1.29 is 31.1 Å². The van der Waals surface area contributed by atoms with Crippen LogP contribution < -0.4 is 4.74 Å². The number of nitrogens with zero attached hydrogens (tertiary/aromatic N) is 2. The fourth-order valence-electron chi connectivity index (χ4n) is 2.80. The van der Waals surface area contributed by atoms with Gasteiger partial charge in [0.05, 0.1) is 22.8 Å². The first-order valence-corrected chi connectivity index (χ1v) is 9.05. The Bertz CT molecular complexity index is 1090. The van der Waals surface area contributed by atoms with E-state index in [9.17, 15) is 26.4 Å². The third-order valence-electron chi connectivity index (χ3n) is 3.91. The lowest BCUT2D eigenvalue weighted by Gasteiger charge is -2.13. The Hall–Kier alpha value is -3.06. The molecule has 0 radical (unpaired) electrons. The molecule has 0 saturated carbocycles. The zero-order valence-electron chi connectivity index (χ0n) is 13.7. The molecule has 3 rings (SSSR count). The van der Waals surface area contributed by atoms with Gasteiger partial charge in [0.25, 0.3) is 22.4 Å². The first-order valence-electron chi connectivity index (χ1n) is 7.61. The molecule has 2 aromatic rings. The van der Waals surface area contributed by atoms with Gasteiger partial charge in [0.2, 0.25) is 0 Å². The lowest BCUT2D eigenvalue weighted by molar-refractivity contribution is 0.0861. The minimum absolute atomic E-state index is 0.0967. The van der Waals surface area contributed by atoms with E-state index in [1.54, 1.807) is 6.07 Å². The van der Waals surface area contributed by atoms with Crippen LogP contribution in [0.3, 0.4) is 0 Å². The molecule has 6 nitrogen and oxygen atoms in total. The Morgan fingerprint density at radius 2 is 1.96 bits per heavy atom. The second-order valence-electron chi connectivity index (χ2n) is 5.52. The number of hydrogen-bond acceptors (Lipinski definition) is 5. The van der Waals surface area contributed by atoms with E-state index in [1.165, 1.54) is 6.92 Å². The molecule has 27 heavy (non-hydrogen) atoms. The highest BCUT2D eigenvalue weighted by Crippen LogP contribution is 2.42. The second-order valence-corrected chi connectivity index (χ2v) is 7.35. The van der Waals surface area contributed by atoms with E-state index < -0.39 is 49.9 Å². The number of sulfonamides is 1. The molecule has 140 valence electrons. The van der Waals surface area contributed by atoms with Crippen molar-refractivity contribution in [2.75, 3.05) is 6.54 Å². The fourth-order valence-corrected chi connectivity index (χ4v) is 4.38. The molecule has 0 atom stereocenters. The van der Waals surface area contributed by atoms with Crippen molar-refractivity contribution >= 4 is 15.9 Å². The van der Waals surface area contributed by atoms with Crippen LogP contribution in [0.15, 0.2) is 35.2 Å². The molecule has 1 heterocycles. The molecule has 2 aromatic carbocycles. The van der Waals surface area contributed by atoms with Crippen molar-refractivity contribution in [1.29, 1.82) is 5.26 Å². The highest BCUT2D eigenvalue weighted by atomic mass is 32.2. The van der Waals surface area contributed by atoms with Crippen LogP contribution in [0.25, 0.3) is 0 Å². The summed E-state index contributed by atoms with van der Waals surface area (Å²) < 4.78 is 71.3. The Morgan fingerprint density at radius 1 is 1.26 bits per heavy atom. The predicted molar refractivity (Wildman–Crippen MR) is 86.5 cm³/mol. The summed E-state index contributed by atoms with van der Waals surface area (Å²) in [5.41, 5.74) is -1.67. The molecule has 0 saturated heterocycles. The van der Waals surface area contributed by atoms with Gasteiger partial charge in [-0.2, -0.15) is 5.26 Å². The Labute approximate surface area is 152 Å². The summed E-state index contributed by atoms with van der Waals surface area (Å²) >= 11 is 0. The van der Waals surface area contributed by atoms with Crippen LogP contribution in [0.1, 0.15) is 34.8 Å². The number of alkyl halides is 2. The quantitative estimate of drug-likeness (QED) is 0.788. The minimum Gasteiger partial charge on any atom is -0.457 e. The fraction of sp³-hybridized carbons (Fsp3) is 0.176. The number of nitriles is 1. The molecule has 0 unspecified atom stereocenters. The molecule has 0 aliphatic carbocycles. The highest BCUT2D eigenvalue weighted by Gasteiger charge is 2.44. The minimum atomic E-state index is -4.22. The van der Waals surface area contributed by atoms with Gasteiger partial charge >= 0.3 is 0 Å². The number of fused-ring (bicyclic) bond motifs is 1. The number of benzene rings is 2. The average molecular weight is 396 g/mol. The number of rotatable bonds is 4. The van der Waals surface area contributed by atoms with Crippen LogP contribution in [-0.2, 0) is 10.0 Å². The number of hydrogen-bond donors (Lipinski definition) is 0. The van der Waals surface area contributed by atoms with Crippen LogP contribution in [-0.4, -0.2) is 25.2 Å². The molecule has 0 bridgehead atoms. The normalized spacial score (nSPS) is 15.0. The molecule has 0 aromatic heterocycles. The van der Waals surface area contributed by atoms with Crippen LogP contribution in [0.2, 0.25) is 0 Å². The van der Waals surface area contributed by atoms with Crippen LogP contribution in [0.5, 0.6) is 11.5 Å². The summed E-state index contributed by atoms with van der Waals surface area (Å²) in [5, 5.41) is 8.86. The van der Waals surface area contributed by atoms with Crippen molar-refractivity contribution in [3.8, 4) is 17.6 Å². The molecular weight excluding hydrogens is 385 g/mol. The van der Waals surface area contributed by atoms with Gasteiger partial charge < -0.3 is 4.74 Å². The van der Waals surface area contributed by atoms with E-state index in [2.05, 4.69) is 0 Å². The monoisotopic (exact) mass is 396 g/mol. The van der Waals surface area contributed by atoms with E-state index in [-0.39, 0.29) is 17.9 Å². The number of ether oxygens (including phenoxy) is 1. The first kappa shape index (κ1) is 18.7. The van der Waals surface area contributed by atoms with E-state index in [0.717, 1.165) is 30.3 Å². The van der Waals surface area contributed by atoms with Crippen molar-refractivity contribution in [3.05, 3.63) is 52.8 Å². The second kappa shape index (κ2) is 6.59. The topological polar surface area (TPSA) is 87.5 Å². The maximum Gasteiger partial charge on any atom is 0.269 e. The lowest BCUT2D eigenvalue weighted by Crippen LogP contribution is -2.29. The lowest BCUT2D eigenvalue weighted by atomic mass is 10.1. The molecule has 0 spiro atoms. The number of amides is 1. The Balaban J connectivity index is 2.18. The van der Waals surface area contributed by atoms with Crippen molar-refractivity contribution in [3.63, 3.8) is 0 Å². The summed E-state index contributed by atoms with van der Waals surface area (Å²) in [7, 11) is -4.22. The summed E-state index contributed by atoms with van der Waals surface area (Å²) in [4.78, 5) is 11.8. The van der Waals surface area contributed by atoms with Gasteiger partial charge in [-0.25, -0.2) is 25.9 Å². The Kier molecular flexibility index (Phi) is 4.57. The van der Waals surface area contributed by atoms with Gasteiger partial charge in [-0.1, -0.05) is 0 Å². The Morgan fingerprint density at radius 3 is 2.56 bits per heavy atom. The van der Waals surface area contributed by atoms with Crippen LogP contribution in [0, 0.1) is 17.1 Å². The largest absolute Gasteiger partial charge is 0.457 e. The van der Waals surface area contributed by atoms with Gasteiger partial charge in [0.1, 0.15) is 22.2 Å². The van der Waals surface area contributed by atoms with Gasteiger partial charge in [0.15, 0.2) is 0 Å². The molecular formula is C17H11F3N2O4S. The maximum absolute atomic E-state index is 13.7. The van der Waals surface area contributed by atoms with Gasteiger partial charge in [-0.05, 0) is 31.2 Å². The molecule has 1 amide bonds. The standard InChI is InChI=1S/C17H11F3N2O4S/c1-2-22-17(23)15-13(27(22,24)25)4-3-12(14(15)16(19)20)26-11-6-9(8-21)5-10(18)7-11/h3-7,16H,2H2,1H3. The number of carbonyl (C=O) groups excluding carboxylic acids is 1.